The molecule has 0 heterocycles. The van der Waals surface area contributed by atoms with E-state index in [1.165, 1.54) is 0 Å². The number of carboxylic acid groups (broad SMARTS) is 2. The fourth-order valence-corrected chi connectivity index (χ4v) is 0.498. The fourth-order valence-electron chi connectivity index (χ4n) is 0.498. The van der Waals surface area contributed by atoms with Gasteiger partial charge in [0.2, 0.25) is 0 Å². The third kappa shape index (κ3) is 12.4. The first-order valence-corrected chi connectivity index (χ1v) is 3.89. The molecule has 0 N–H and O–H groups in total. The summed E-state index contributed by atoms with van der Waals surface area (Å²) in [5, 5.41) is 57.3. The van der Waals surface area contributed by atoms with E-state index >= 15 is 0 Å². The van der Waals surface area contributed by atoms with Crippen molar-refractivity contribution in [1.29, 1.82) is 0 Å². The fraction of sp³-hybridized carbons (Fsp3) is 0.500. The number of aliphatic carboxylic acids is 2. The van der Waals surface area contributed by atoms with E-state index in [4.69, 9.17) is 0 Å². The Morgan fingerprint density at radius 2 is 0.727 bits per heavy atom. The molecule has 0 fully saturated rings. The Morgan fingerprint density at radius 3 is 0.727 bits per heavy atom. The summed E-state index contributed by atoms with van der Waals surface area (Å²) in [6.07, 6.45) is -5.72. The van der Waals surface area contributed by atoms with Crippen molar-refractivity contribution in [1.82, 2.24) is 0 Å². The maximum Gasteiger partial charge on any atom is 1.00 e. The summed E-state index contributed by atoms with van der Waals surface area (Å²) in [6, 6.07) is 0. The molecule has 18 heteroatoms. The minimum absolute atomic E-state index is 0. The van der Waals surface area contributed by atoms with Gasteiger partial charge in [-0.15, -0.1) is 0 Å². The van der Waals surface area contributed by atoms with Crippen molar-refractivity contribution in [3.63, 3.8) is 0 Å². The number of carboxylic acids is 2. The first kappa shape index (κ1) is 29.8. The quantitative estimate of drug-likeness (QED) is 0.181. The van der Waals surface area contributed by atoms with Gasteiger partial charge in [-0.3, -0.25) is 40.5 Å². The molecule has 0 aromatic carbocycles. The third-order valence-electron chi connectivity index (χ3n) is 1.22. The van der Waals surface area contributed by atoms with Gasteiger partial charge >= 0.3 is 115 Å². The van der Waals surface area contributed by atoms with Crippen molar-refractivity contribution in [2.24, 2.45) is 0 Å². The Balaban J connectivity index is -0.000000135. The SMILES string of the molecule is O=C([O-])C([N+](=O)[O-])[N+](=O)[O-].O=C([O-])C([N+](=O)[O-])[N+](=O)[O-].[K+].[K+]. The number of nitrogens with zero attached hydrogens (tertiary/aromatic N) is 4. The molecule has 0 atom stereocenters. The summed E-state index contributed by atoms with van der Waals surface area (Å²) in [6.45, 7) is 0. The van der Waals surface area contributed by atoms with Crippen LogP contribution < -0.4 is 113 Å². The van der Waals surface area contributed by atoms with Crippen LogP contribution in [0.1, 0.15) is 0 Å². The molecule has 112 valence electrons. The summed E-state index contributed by atoms with van der Waals surface area (Å²) in [4.78, 5) is 51.1. The van der Waals surface area contributed by atoms with E-state index in [1.54, 1.807) is 0 Å². The average Bonchev–Trinajstić information content (AvgIpc) is 2.12. The van der Waals surface area contributed by atoms with Gasteiger partial charge in [0.05, 0.1) is 0 Å². The van der Waals surface area contributed by atoms with Gasteiger partial charge in [-0.2, -0.15) is 0 Å². The molecule has 0 aromatic heterocycles. The number of carbonyl (C=O) groups is 2. The van der Waals surface area contributed by atoms with Gasteiger partial charge in [0.15, 0.2) is 11.9 Å². The summed E-state index contributed by atoms with van der Waals surface area (Å²) in [5.74, 6) is -4.65. The second kappa shape index (κ2) is 14.4. The maximum absolute atomic E-state index is 9.59. The number of hydrogen-bond donors (Lipinski definition) is 0. The smallest absolute Gasteiger partial charge is 0.538 e. The number of rotatable bonds is 6. The Bertz CT molecular complexity index is 357. The minimum Gasteiger partial charge on any atom is -0.538 e. The molecule has 0 unspecified atom stereocenters. The first-order chi connectivity index (χ1) is 8.93. The van der Waals surface area contributed by atoms with Crippen LogP contribution in [0.15, 0.2) is 0 Å². The van der Waals surface area contributed by atoms with E-state index in [1.807, 2.05) is 0 Å². The van der Waals surface area contributed by atoms with Crippen LogP contribution in [-0.4, -0.2) is 44.0 Å². The molecule has 22 heavy (non-hydrogen) atoms. The minimum atomic E-state index is -2.86. The molecule has 0 aromatic rings. The second-order valence-electron chi connectivity index (χ2n) is 2.53. The largest absolute Gasteiger partial charge is 1.00 e. The van der Waals surface area contributed by atoms with Crippen molar-refractivity contribution in [2.75, 3.05) is 0 Å². The van der Waals surface area contributed by atoms with Crippen LogP contribution in [0.25, 0.3) is 0 Å². The Morgan fingerprint density at radius 1 is 0.591 bits per heavy atom. The van der Waals surface area contributed by atoms with Crippen molar-refractivity contribution < 1.29 is 142 Å². The first-order valence-electron chi connectivity index (χ1n) is 3.89. The van der Waals surface area contributed by atoms with Crippen molar-refractivity contribution in [3.8, 4) is 0 Å². The summed E-state index contributed by atoms with van der Waals surface area (Å²) in [5.41, 5.74) is 0. The summed E-state index contributed by atoms with van der Waals surface area (Å²) >= 11 is 0. The van der Waals surface area contributed by atoms with Gasteiger partial charge in [0.25, 0.3) is 0 Å². The van der Waals surface area contributed by atoms with Crippen molar-refractivity contribution in [2.45, 2.75) is 12.3 Å². The van der Waals surface area contributed by atoms with E-state index in [-0.39, 0.29) is 103 Å². The molecule has 0 aliphatic carbocycles. The average molecular weight is 376 g/mol. The van der Waals surface area contributed by atoms with Crippen molar-refractivity contribution in [3.05, 3.63) is 40.5 Å². The van der Waals surface area contributed by atoms with Gasteiger partial charge in [-0.1, -0.05) is 0 Å². The second-order valence-corrected chi connectivity index (χ2v) is 2.53. The molecule has 0 saturated heterocycles. The van der Waals surface area contributed by atoms with Gasteiger partial charge in [-0.25, -0.2) is 0 Å². The molecular weight excluding hydrogens is 374 g/mol. The van der Waals surface area contributed by atoms with E-state index in [0.717, 1.165) is 0 Å². The maximum atomic E-state index is 9.59. The molecule has 0 saturated carbocycles. The summed E-state index contributed by atoms with van der Waals surface area (Å²) < 4.78 is 0. The molecule has 16 nitrogen and oxygen atoms in total. The van der Waals surface area contributed by atoms with E-state index < -0.39 is 44.0 Å². The predicted octanol–water partition coefficient (Wildman–Crippen LogP) is -10.8. The van der Waals surface area contributed by atoms with Crippen molar-refractivity contribution >= 4 is 11.9 Å². The molecule has 0 aliphatic heterocycles. The zero-order chi connectivity index (χ0) is 16.6. The van der Waals surface area contributed by atoms with Crippen LogP contribution >= 0.6 is 0 Å². The van der Waals surface area contributed by atoms with E-state index in [9.17, 15) is 60.3 Å². The van der Waals surface area contributed by atoms with Crippen LogP contribution in [0.3, 0.4) is 0 Å². The molecule has 0 radical (unpaired) electrons. The zero-order valence-corrected chi connectivity index (χ0v) is 17.1. The van der Waals surface area contributed by atoms with E-state index in [0.29, 0.717) is 0 Å². The standard InChI is InChI=1S/2C2H2N2O6.2K/c2*5-2(6)1(3(7)8)4(9)10;;/h2*1H,(H,5,6);;/q;;2*+1/p-2. The number of hydrogen-bond acceptors (Lipinski definition) is 12. The monoisotopic (exact) mass is 376 g/mol. The topological polar surface area (TPSA) is 253 Å². The number of nitro groups is 4. The van der Waals surface area contributed by atoms with Gasteiger partial charge < -0.3 is 19.8 Å². The zero-order valence-electron chi connectivity index (χ0n) is 10.8. The Labute approximate surface area is 203 Å². The molecule has 0 aliphatic rings. The van der Waals surface area contributed by atoms with E-state index in [2.05, 4.69) is 0 Å². The molecule has 0 rings (SSSR count). The van der Waals surface area contributed by atoms with Crippen LogP contribution in [0.4, 0.5) is 0 Å². The van der Waals surface area contributed by atoms with Crippen LogP contribution in [0.5, 0.6) is 0 Å². The van der Waals surface area contributed by atoms with Gasteiger partial charge in [0.1, 0.15) is 19.7 Å². The third-order valence-corrected chi connectivity index (χ3v) is 1.22. The van der Waals surface area contributed by atoms with Crippen LogP contribution in [0, 0.1) is 40.5 Å². The van der Waals surface area contributed by atoms with Crippen LogP contribution in [-0.2, 0) is 9.59 Å². The Kier molecular flexibility index (Phi) is 19.5. The normalized spacial score (nSPS) is 8.45. The van der Waals surface area contributed by atoms with Gasteiger partial charge in [-0.05, 0) is 0 Å². The number of carbonyl (C=O) groups excluding carboxylic acids is 2. The van der Waals surface area contributed by atoms with Gasteiger partial charge in [0, 0.05) is 0 Å². The predicted molar refractivity (Wildman–Crippen MR) is 45.6 cm³/mol. The molecular formula is C4H2K2N4O12. The Hall–Kier alpha value is -0.187. The van der Waals surface area contributed by atoms with Crippen LogP contribution in [0.2, 0.25) is 0 Å². The summed E-state index contributed by atoms with van der Waals surface area (Å²) in [7, 11) is 0. The molecule has 0 spiro atoms. The molecule has 0 amide bonds. The molecule has 0 bridgehead atoms.